The van der Waals surface area contributed by atoms with E-state index in [4.69, 9.17) is 21.1 Å². The van der Waals surface area contributed by atoms with E-state index in [2.05, 4.69) is 63.4 Å². The van der Waals surface area contributed by atoms with E-state index in [0.29, 0.717) is 35.0 Å². The Morgan fingerprint density at radius 2 is 1.67 bits per heavy atom. The van der Waals surface area contributed by atoms with Gasteiger partial charge in [0.05, 0.1) is 23.2 Å². The minimum Gasteiger partial charge on any atom is -0.478 e. The predicted octanol–water partition coefficient (Wildman–Crippen LogP) is 10.8. The highest BCUT2D eigenvalue weighted by molar-refractivity contribution is 6.33. The monoisotopic (exact) mass is 722 g/mol. The molecule has 278 valence electrons. The zero-order valence-corrected chi connectivity index (χ0v) is 31.4. The fraction of sp³-hybridized carbons (Fsp3) is 0.513. The van der Waals surface area contributed by atoms with Crippen LogP contribution in [-0.4, -0.2) is 56.0 Å². The Labute approximate surface area is 307 Å². The number of benzene rings is 1. The van der Waals surface area contributed by atoms with E-state index < -0.39 is 12.1 Å². The van der Waals surface area contributed by atoms with E-state index >= 15 is 0 Å². The molecular formula is C39H55ClN6O5. The number of anilines is 3. The SMILES string of the molecule is C=C(C)n1cnc2c(Nc3ccc(C(=O)O)c(Cl)c3)nc(N[C@@H](COC(=O)OCCCCCCCC/C=C\C/C=C\CCCCC)C(C)C)nc21. The van der Waals surface area contributed by atoms with Crippen molar-refractivity contribution in [2.75, 3.05) is 23.8 Å². The number of carbonyl (C=O) groups is 2. The van der Waals surface area contributed by atoms with Gasteiger partial charge >= 0.3 is 12.1 Å². The summed E-state index contributed by atoms with van der Waals surface area (Å²) in [7, 11) is 0. The van der Waals surface area contributed by atoms with Crippen LogP contribution in [0.25, 0.3) is 16.9 Å². The molecule has 0 aliphatic carbocycles. The van der Waals surface area contributed by atoms with Crippen LogP contribution in [0.15, 0.2) is 55.4 Å². The zero-order chi connectivity index (χ0) is 37.0. The van der Waals surface area contributed by atoms with Crippen molar-refractivity contribution in [2.45, 2.75) is 111 Å². The molecule has 3 aromatic rings. The molecule has 0 bridgehead atoms. The quantitative estimate of drug-likeness (QED) is 0.0464. The number of hydrogen-bond donors (Lipinski definition) is 3. The minimum absolute atomic E-state index is 0.0104. The van der Waals surface area contributed by atoms with Crippen LogP contribution in [0.1, 0.15) is 115 Å². The van der Waals surface area contributed by atoms with E-state index in [1.807, 2.05) is 20.8 Å². The van der Waals surface area contributed by atoms with E-state index in [-0.39, 0.29) is 35.1 Å². The Morgan fingerprint density at radius 3 is 2.31 bits per heavy atom. The third-order valence-electron chi connectivity index (χ3n) is 8.33. The number of nitrogens with one attached hydrogen (secondary N) is 2. The van der Waals surface area contributed by atoms with E-state index in [9.17, 15) is 14.7 Å². The molecule has 0 aliphatic rings. The molecular weight excluding hydrogens is 668 g/mol. The molecule has 3 rings (SSSR count). The lowest BCUT2D eigenvalue weighted by atomic mass is 10.1. The lowest BCUT2D eigenvalue weighted by Crippen LogP contribution is -2.33. The van der Waals surface area contributed by atoms with Crippen LogP contribution in [0.2, 0.25) is 5.02 Å². The molecule has 2 aromatic heterocycles. The highest BCUT2D eigenvalue weighted by Crippen LogP contribution is 2.28. The Balaban J connectivity index is 1.43. The first-order valence-corrected chi connectivity index (χ1v) is 18.5. The number of carboxylic acid groups (broad SMARTS) is 1. The van der Waals surface area contributed by atoms with Crippen molar-refractivity contribution in [3.8, 4) is 0 Å². The van der Waals surface area contributed by atoms with E-state index in [1.54, 1.807) is 17.0 Å². The molecule has 0 aliphatic heterocycles. The summed E-state index contributed by atoms with van der Waals surface area (Å²) in [6.45, 7) is 12.5. The van der Waals surface area contributed by atoms with Crippen molar-refractivity contribution in [3.05, 3.63) is 66.0 Å². The molecule has 1 atom stereocenters. The van der Waals surface area contributed by atoms with Crippen LogP contribution in [0, 0.1) is 5.92 Å². The second-order valence-electron chi connectivity index (χ2n) is 13.0. The minimum atomic E-state index is -1.12. The molecule has 0 spiro atoms. The largest absolute Gasteiger partial charge is 0.508 e. The van der Waals surface area contributed by atoms with Crippen LogP contribution >= 0.6 is 11.6 Å². The summed E-state index contributed by atoms with van der Waals surface area (Å²) in [6, 6.07) is 4.20. The molecule has 0 amide bonds. The lowest BCUT2D eigenvalue weighted by molar-refractivity contribution is 0.0486. The molecule has 12 heteroatoms. The molecule has 0 fully saturated rings. The Hall–Kier alpha value is -4.38. The van der Waals surface area contributed by atoms with Gasteiger partial charge < -0.3 is 25.2 Å². The highest BCUT2D eigenvalue weighted by Gasteiger charge is 2.21. The summed E-state index contributed by atoms with van der Waals surface area (Å²) in [6.07, 6.45) is 23.8. The molecule has 51 heavy (non-hydrogen) atoms. The number of hydrogen-bond acceptors (Lipinski definition) is 9. The van der Waals surface area contributed by atoms with Gasteiger partial charge in [0.15, 0.2) is 17.0 Å². The van der Waals surface area contributed by atoms with Gasteiger partial charge in [-0.1, -0.05) is 102 Å². The number of carboxylic acids is 1. The number of unbranched alkanes of at least 4 members (excludes halogenated alkanes) is 9. The summed E-state index contributed by atoms with van der Waals surface area (Å²) in [5.74, 6) is -0.420. The Bertz CT molecular complexity index is 1620. The third-order valence-corrected chi connectivity index (χ3v) is 8.65. The average molecular weight is 723 g/mol. The van der Waals surface area contributed by atoms with Crippen LogP contribution < -0.4 is 10.6 Å². The summed E-state index contributed by atoms with van der Waals surface area (Å²) >= 11 is 6.20. The van der Waals surface area contributed by atoms with Gasteiger partial charge in [-0.2, -0.15) is 9.97 Å². The number of aromatic carboxylic acids is 1. The Kier molecular flexibility index (Phi) is 18.1. The molecule has 0 radical (unpaired) electrons. The average Bonchev–Trinajstić information content (AvgIpc) is 3.52. The van der Waals surface area contributed by atoms with Gasteiger partial charge in [-0.3, -0.25) is 4.57 Å². The fourth-order valence-electron chi connectivity index (χ4n) is 5.25. The van der Waals surface area contributed by atoms with Gasteiger partial charge in [0.1, 0.15) is 12.9 Å². The number of halogens is 1. The molecule has 2 heterocycles. The summed E-state index contributed by atoms with van der Waals surface area (Å²) in [5, 5.41) is 15.9. The smallest absolute Gasteiger partial charge is 0.478 e. The van der Waals surface area contributed by atoms with Crippen LogP contribution in [0.5, 0.6) is 0 Å². The number of carbonyl (C=O) groups excluding carboxylic acids is 1. The third kappa shape index (κ3) is 14.4. The van der Waals surface area contributed by atoms with Crippen molar-refractivity contribution in [1.82, 2.24) is 19.5 Å². The highest BCUT2D eigenvalue weighted by atomic mass is 35.5. The number of allylic oxidation sites excluding steroid dienone is 5. The second-order valence-corrected chi connectivity index (χ2v) is 13.4. The second kappa shape index (κ2) is 22.4. The number of nitrogens with zero attached hydrogens (tertiary/aromatic N) is 4. The van der Waals surface area contributed by atoms with Gasteiger partial charge in [-0.15, -0.1) is 0 Å². The molecule has 3 N–H and O–H groups in total. The number of ether oxygens (including phenoxy) is 2. The normalized spacial score (nSPS) is 12.2. The topological polar surface area (TPSA) is 140 Å². The summed E-state index contributed by atoms with van der Waals surface area (Å²) in [5.41, 5.74) is 2.20. The number of rotatable bonds is 24. The molecule has 0 saturated carbocycles. The van der Waals surface area contributed by atoms with Crippen molar-refractivity contribution in [1.29, 1.82) is 0 Å². The van der Waals surface area contributed by atoms with Gasteiger partial charge in [0, 0.05) is 11.4 Å². The van der Waals surface area contributed by atoms with Crippen LogP contribution in [-0.2, 0) is 9.47 Å². The van der Waals surface area contributed by atoms with Gasteiger partial charge in [0.25, 0.3) is 0 Å². The first-order chi connectivity index (χ1) is 24.6. The van der Waals surface area contributed by atoms with Crippen molar-refractivity contribution >= 4 is 58.0 Å². The van der Waals surface area contributed by atoms with Gasteiger partial charge in [-0.05, 0) is 69.6 Å². The molecule has 0 saturated heterocycles. The fourth-order valence-corrected chi connectivity index (χ4v) is 5.51. The molecule has 1 aromatic carbocycles. The first-order valence-electron chi connectivity index (χ1n) is 18.2. The number of aromatic nitrogens is 4. The van der Waals surface area contributed by atoms with Crippen molar-refractivity contribution < 1.29 is 24.2 Å². The van der Waals surface area contributed by atoms with Crippen molar-refractivity contribution in [3.63, 3.8) is 0 Å². The van der Waals surface area contributed by atoms with Gasteiger partial charge in [-0.25, -0.2) is 14.6 Å². The maximum Gasteiger partial charge on any atom is 0.508 e. The summed E-state index contributed by atoms with van der Waals surface area (Å²) < 4.78 is 12.5. The van der Waals surface area contributed by atoms with Crippen LogP contribution in [0.4, 0.5) is 22.2 Å². The standard InChI is InChI=1S/C39H55ClN6O5/c1-6-7-8-9-10-11-12-13-14-15-16-17-18-19-20-21-24-50-39(49)51-26-33(28(2)3)43-38-44-35(34-36(45-38)46(27-41-34)29(4)5)42-30-22-23-31(37(47)48)32(40)25-30/h10-11,13-14,22-23,25,27-28,33H,4,6-9,12,15-21,24,26H2,1-3,5H3,(H,47,48)(H2,42,43,44,45)/b11-10-,14-13-/t33-/m0/s1. The Morgan fingerprint density at radius 1 is 0.980 bits per heavy atom. The summed E-state index contributed by atoms with van der Waals surface area (Å²) in [4.78, 5) is 37.6. The zero-order valence-electron chi connectivity index (χ0n) is 30.6. The molecule has 11 nitrogen and oxygen atoms in total. The maximum absolute atomic E-state index is 12.4. The first kappa shape index (κ1) is 41.0. The predicted molar refractivity (Wildman–Crippen MR) is 207 cm³/mol. The molecule has 0 unspecified atom stereocenters. The van der Waals surface area contributed by atoms with E-state index in [0.717, 1.165) is 32.1 Å². The lowest BCUT2D eigenvalue weighted by Gasteiger charge is -2.22. The number of fused-ring (bicyclic) bond motifs is 1. The number of imidazole rings is 1. The maximum atomic E-state index is 12.4. The van der Waals surface area contributed by atoms with E-state index in [1.165, 1.54) is 57.1 Å². The van der Waals surface area contributed by atoms with Crippen LogP contribution in [0.3, 0.4) is 0 Å². The van der Waals surface area contributed by atoms with Gasteiger partial charge in [0.2, 0.25) is 5.95 Å². The van der Waals surface area contributed by atoms with Crippen molar-refractivity contribution in [2.24, 2.45) is 5.92 Å².